The Bertz CT molecular complexity index is 612. The Hall–Kier alpha value is -1.87. The first-order chi connectivity index (χ1) is 9.73. The molecule has 0 atom stereocenters. The van der Waals surface area contributed by atoms with Crippen LogP contribution >= 0.6 is 22.7 Å². The van der Waals surface area contributed by atoms with Gasteiger partial charge in [-0.2, -0.15) is 9.97 Å². The van der Waals surface area contributed by atoms with E-state index in [1.165, 1.54) is 22.7 Å². The third-order valence-electron chi connectivity index (χ3n) is 2.72. The van der Waals surface area contributed by atoms with Crippen LogP contribution in [0.5, 0.6) is 10.4 Å². The number of ether oxygens (including phenoxy) is 2. The predicted octanol–water partition coefficient (Wildman–Crippen LogP) is 2.03. The summed E-state index contributed by atoms with van der Waals surface area (Å²) >= 11 is 3.02. The summed E-state index contributed by atoms with van der Waals surface area (Å²) in [4.78, 5) is 15.1. The summed E-state index contributed by atoms with van der Waals surface area (Å²) in [7, 11) is 4.92. The van der Waals surface area contributed by atoms with Crippen LogP contribution in [0.25, 0.3) is 0 Å². The quantitative estimate of drug-likeness (QED) is 0.883. The topological polar surface area (TPSA) is 80.7 Å². The molecule has 7 nitrogen and oxygen atoms in total. The summed E-state index contributed by atoms with van der Waals surface area (Å²) in [5, 5.41) is 7.55. The van der Waals surface area contributed by atoms with E-state index >= 15 is 0 Å². The fraction of sp³-hybridized carbons (Fsp3) is 0.364. The molecule has 0 amide bonds. The van der Waals surface area contributed by atoms with Gasteiger partial charge in [0.2, 0.25) is 5.96 Å². The van der Waals surface area contributed by atoms with Crippen LogP contribution in [0.2, 0.25) is 0 Å². The number of hydrogen-bond donors (Lipinski definition) is 2. The molecule has 1 aliphatic rings. The monoisotopic (exact) mass is 311 g/mol. The Labute approximate surface area is 123 Å². The second kappa shape index (κ2) is 5.25. The molecule has 0 radical (unpaired) electrons. The van der Waals surface area contributed by atoms with Gasteiger partial charge in [-0.05, 0) is 0 Å². The molecule has 2 N–H and O–H groups in total. The predicted molar refractivity (Wildman–Crippen MR) is 80.7 cm³/mol. The summed E-state index contributed by atoms with van der Waals surface area (Å²) in [5.41, 5.74) is 0. The number of nitrogens with one attached hydrogen (secondary N) is 2. The Morgan fingerprint density at radius 3 is 1.90 bits per heavy atom. The number of methoxy groups -OCH3 is 2. The molecule has 1 aliphatic heterocycles. The maximum atomic E-state index is 5.20. The van der Waals surface area contributed by atoms with Crippen LogP contribution in [0.3, 0.4) is 0 Å². The summed E-state index contributed by atoms with van der Waals surface area (Å²) in [5.74, 6) is 2.11. The van der Waals surface area contributed by atoms with Gasteiger partial charge in [-0.1, -0.05) is 22.7 Å². The van der Waals surface area contributed by atoms with Crippen LogP contribution in [0.15, 0.2) is 4.99 Å². The average molecular weight is 311 g/mol. The molecule has 2 aromatic heterocycles. The zero-order valence-corrected chi connectivity index (χ0v) is 12.8. The van der Waals surface area contributed by atoms with Gasteiger partial charge < -0.3 is 20.1 Å². The van der Waals surface area contributed by atoms with Crippen molar-refractivity contribution in [2.45, 2.75) is 6.42 Å². The molecular formula is C11H13N5O2S2. The van der Waals surface area contributed by atoms with E-state index in [2.05, 4.69) is 25.6 Å². The first-order valence-electron chi connectivity index (χ1n) is 5.81. The molecule has 0 unspecified atom stereocenters. The molecule has 0 fully saturated rings. The minimum Gasteiger partial charge on any atom is -0.473 e. The number of thiazole rings is 2. The van der Waals surface area contributed by atoms with E-state index in [-0.39, 0.29) is 0 Å². The van der Waals surface area contributed by atoms with Gasteiger partial charge in [0.05, 0.1) is 24.0 Å². The van der Waals surface area contributed by atoms with Gasteiger partial charge in [0, 0.05) is 13.5 Å². The number of anilines is 2. The van der Waals surface area contributed by atoms with Gasteiger partial charge in [-0.3, -0.25) is 4.99 Å². The second-order valence-corrected chi connectivity index (χ2v) is 6.00. The Morgan fingerprint density at radius 2 is 1.50 bits per heavy atom. The average Bonchev–Trinajstić information content (AvgIpc) is 3.01. The fourth-order valence-corrected chi connectivity index (χ4v) is 3.56. The molecule has 20 heavy (non-hydrogen) atoms. The van der Waals surface area contributed by atoms with Gasteiger partial charge in [0.1, 0.15) is 0 Å². The summed E-state index contributed by atoms with van der Waals surface area (Å²) in [6, 6.07) is 0. The van der Waals surface area contributed by atoms with Crippen molar-refractivity contribution < 1.29 is 9.47 Å². The summed E-state index contributed by atoms with van der Waals surface area (Å²) in [6.45, 7) is 0. The molecule has 2 aromatic rings. The minimum atomic E-state index is 0.591. The number of rotatable bonds is 2. The van der Waals surface area contributed by atoms with Gasteiger partial charge in [0.25, 0.3) is 10.4 Å². The highest BCUT2D eigenvalue weighted by molar-refractivity contribution is 7.15. The van der Waals surface area contributed by atoms with Crippen molar-refractivity contribution in [1.29, 1.82) is 0 Å². The maximum absolute atomic E-state index is 5.20. The molecule has 3 rings (SSSR count). The van der Waals surface area contributed by atoms with Gasteiger partial charge in [0.15, 0.2) is 11.6 Å². The van der Waals surface area contributed by atoms with Crippen LogP contribution in [0.4, 0.5) is 11.6 Å². The highest BCUT2D eigenvalue weighted by Crippen LogP contribution is 2.37. The Kier molecular flexibility index (Phi) is 3.45. The third kappa shape index (κ3) is 2.29. The van der Waals surface area contributed by atoms with Crippen LogP contribution in [0, 0.1) is 0 Å². The van der Waals surface area contributed by atoms with Crippen molar-refractivity contribution in [3.05, 3.63) is 9.75 Å². The molecule has 0 aliphatic carbocycles. The standard InChI is InChI=1S/C11H13N5O2S2/c1-12-9-13-7-5(19-10(15-7)17-2)4-6-8(14-9)16-11(18-3)20-6/h4H2,1-3H3,(H2,12,13,14). The normalized spacial score (nSPS) is 13.2. The fourth-order valence-electron chi connectivity index (χ4n) is 1.78. The van der Waals surface area contributed by atoms with Gasteiger partial charge in [-0.25, -0.2) is 0 Å². The van der Waals surface area contributed by atoms with E-state index in [9.17, 15) is 0 Å². The number of aliphatic imine (C=N–C) groups is 1. The summed E-state index contributed by atoms with van der Waals surface area (Å²) < 4.78 is 10.4. The molecular weight excluding hydrogens is 298 g/mol. The van der Waals surface area contributed by atoms with E-state index in [0.717, 1.165) is 27.8 Å². The van der Waals surface area contributed by atoms with E-state index in [4.69, 9.17) is 9.47 Å². The molecule has 3 heterocycles. The van der Waals surface area contributed by atoms with Crippen molar-refractivity contribution in [2.75, 3.05) is 31.9 Å². The zero-order chi connectivity index (χ0) is 14.1. The lowest BCUT2D eigenvalue weighted by Crippen LogP contribution is -2.24. The van der Waals surface area contributed by atoms with Crippen LogP contribution < -0.4 is 20.1 Å². The molecule has 0 saturated heterocycles. The highest BCUT2D eigenvalue weighted by Gasteiger charge is 2.22. The first kappa shape index (κ1) is 13.1. The smallest absolute Gasteiger partial charge is 0.275 e. The second-order valence-electron chi connectivity index (χ2n) is 3.91. The van der Waals surface area contributed by atoms with E-state index in [1.807, 2.05) is 0 Å². The number of hydrogen-bond acceptors (Lipinski definition) is 7. The zero-order valence-electron chi connectivity index (χ0n) is 11.2. The van der Waals surface area contributed by atoms with Crippen molar-refractivity contribution in [3.8, 4) is 10.4 Å². The maximum Gasteiger partial charge on any atom is 0.275 e. The molecule has 0 saturated carbocycles. The van der Waals surface area contributed by atoms with Gasteiger partial charge in [-0.15, -0.1) is 0 Å². The number of fused-ring (bicyclic) bond motifs is 2. The SMILES string of the molecule is CN=C1Nc2nc(OC)sc2Cc2sc(OC)nc2N1. The Balaban J connectivity index is 2.07. The molecule has 0 spiro atoms. The van der Waals surface area contributed by atoms with E-state index in [1.54, 1.807) is 21.3 Å². The van der Waals surface area contributed by atoms with Crippen LogP contribution in [-0.4, -0.2) is 37.2 Å². The lowest BCUT2D eigenvalue weighted by atomic mass is 10.3. The summed E-state index contributed by atoms with van der Waals surface area (Å²) in [6.07, 6.45) is 0.726. The number of nitrogens with zero attached hydrogens (tertiary/aromatic N) is 3. The third-order valence-corrected chi connectivity index (χ3v) is 4.76. The minimum absolute atomic E-state index is 0.591. The highest BCUT2D eigenvalue weighted by atomic mass is 32.1. The Morgan fingerprint density at radius 1 is 1.00 bits per heavy atom. The lowest BCUT2D eigenvalue weighted by molar-refractivity contribution is 0.412. The van der Waals surface area contributed by atoms with Crippen LogP contribution in [0.1, 0.15) is 9.75 Å². The molecule has 0 bridgehead atoms. The lowest BCUT2D eigenvalue weighted by Gasteiger charge is -2.13. The van der Waals surface area contributed by atoms with E-state index < -0.39 is 0 Å². The van der Waals surface area contributed by atoms with Crippen LogP contribution in [-0.2, 0) is 6.42 Å². The van der Waals surface area contributed by atoms with Crippen molar-refractivity contribution >= 4 is 40.3 Å². The van der Waals surface area contributed by atoms with Crippen molar-refractivity contribution in [2.24, 2.45) is 4.99 Å². The number of guanidine groups is 1. The number of aromatic nitrogens is 2. The first-order valence-corrected chi connectivity index (χ1v) is 7.45. The van der Waals surface area contributed by atoms with Crippen molar-refractivity contribution in [1.82, 2.24) is 9.97 Å². The molecule has 0 aromatic carbocycles. The van der Waals surface area contributed by atoms with E-state index in [0.29, 0.717) is 16.3 Å². The van der Waals surface area contributed by atoms with Crippen molar-refractivity contribution in [3.63, 3.8) is 0 Å². The van der Waals surface area contributed by atoms with Gasteiger partial charge >= 0.3 is 0 Å². The largest absolute Gasteiger partial charge is 0.473 e. The molecule has 106 valence electrons. The molecule has 9 heteroatoms.